The lowest BCUT2D eigenvalue weighted by atomic mass is 10.1. The second-order valence-electron chi connectivity index (χ2n) is 7.05. The van der Waals surface area contributed by atoms with Crippen LogP contribution in [0.4, 0.5) is 5.69 Å². The molecule has 1 atom stereocenters. The van der Waals surface area contributed by atoms with Gasteiger partial charge in [0.2, 0.25) is 21.8 Å². The van der Waals surface area contributed by atoms with Crippen LogP contribution in [0.15, 0.2) is 53.0 Å². The van der Waals surface area contributed by atoms with Crippen molar-refractivity contribution in [3.8, 4) is 0 Å². The molecule has 0 radical (unpaired) electrons. The Morgan fingerprint density at radius 1 is 1.13 bits per heavy atom. The molecule has 7 nitrogen and oxygen atoms in total. The van der Waals surface area contributed by atoms with E-state index >= 15 is 0 Å². The molecule has 0 aliphatic rings. The minimum absolute atomic E-state index is 0.165. The quantitative estimate of drug-likeness (QED) is 0.609. The summed E-state index contributed by atoms with van der Waals surface area (Å²) < 4.78 is 26.7. The van der Waals surface area contributed by atoms with Crippen LogP contribution in [-0.4, -0.2) is 51.0 Å². The van der Waals surface area contributed by atoms with E-state index in [1.54, 1.807) is 31.2 Å². The maximum Gasteiger partial charge on any atom is 0.244 e. The lowest BCUT2D eigenvalue weighted by Crippen LogP contribution is -2.50. The summed E-state index contributed by atoms with van der Waals surface area (Å²) in [6.45, 7) is 3.27. The molecule has 1 N–H and O–H groups in total. The van der Waals surface area contributed by atoms with Crippen molar-refractivity contribution in [3.63, 3.8) is 0 Å². The van der Waals surface area contributed by atoms with Crippen molar-refractivity contribution in [3.05, 3.63) is 64.1 Å². The number of carbonyl (C=O) groups excluding carboxylic acids is 2. The van der Waals surface area contributed by atoms with Crippen LogP contribution in [0.25, 0.3) is 0 Å². The SMILES string of the molecule is CNC(=O)[C@@H](C)N(Cc1cccc(Br)c1)C(=O)CN(c1ccc(C)cc1)S(C)(=O)=O. The monoisotopic (exact) mass is 495 g/mol. The Hall–Kier alpha value is -2.39. The van der Waals surface area contributed by atoms with Gasteiger partial charge >= 0.3 is 0 Å². The molecule has 0 aliphatic heterocycles. The number of sulfonamides is 1. The summed E-state index contributed by atoms with van der Waals surface area (Å²) in [5, 5.41) is 2.54. The van der Waals surface area contributed by atoms with Gasteiger partial charge in [-0.25, -0.2) is 8.42 Å². The fourth-order valence-electron chi connectivity index (χ4n) is 2.95. The van der Waals surface area contributed by atoms with E-state index in [0.717, 1.165) is 26.2 Å². The molecule has 2 amide bonds. The Balaban J connectivity index is 2.36. The van der Waals surface area contributed by atoms with E-state index in [2.05, 4.69) is 21.2 Å². The molecule has 0 bridgehead atoms. The highest BCUT2D eigenvalue weighted by atomic mass is 79.9. The van der Waals surface area contributed by atoms with Crippen molar-refractivity contribution in [1.82, 2.24) is 10.2 Å². The second kappa shape index (κ2) is 10.1. The molecular weight excluding hydrogens is 470 g/mol. The Morgan fingerprint density at radius 3 is 2.30 bits per heavy atom. The van der Waals surface area contributed by atoms with E-state index in [1.807, 2.05) is 31.2 Å². The van der Waals surface area contributed by atoms with E-state index in [0.29, 0.717) is 5.69 Å². The summed E-state index contributed by atoms with van der Waals surface area (Å²) in [4.78, 5) is 26.9. The maximum atomic E-state index is 13.2. The van der Waals surface area contributed by atoms with E-state index in [1.165, 1.54) is 11.9 Å². The average Bonchev–Trinajstić information content (AvgIpc) is 2.69. The predicted octanol–water partition coefficient (Wildman–Crippen LogP) is 2.69. The number of nitrogens with zero attached hydrogens (tertiary/aromatic N) is 2. The number of halogens is 1. The zero-order valence-electron chi connectivity index (χ0n) is 17.4. The predicted molar refractivity (Wildman–Crippen MR) is 122 cm³/mol. The number of likely N-dealkylation sites (N-methyl/N-ethyl adjacent to an activating group) is 1. The maximum absolute atomic E-state index is 13.2. The van der Waals surface area contributed by atoms with Crippen molar-refractivity contribution in [2.24, 2.45) is 0 Å². The summed E-state index contributed by atoms with van der Waals surface area (Å²) in [5.74, 6) is -0.809. The zero-order chi connectivity index (χ0) is 22.5. The Morgan fingerprint density at radius 2 is 1.77 bits per heavy atom. The third-order valence-corrected chi connectivity index (χ3v) is 6.29. The number of carbonyl (C=O) groups is 2. The van der Waals surface area contributed by atoms with Crippen molar-refractivity contribution in [2.75, 3.05) is 24.2 Å². The summed E-state index contributed by atoms with van der Waals surface area (Å²) in [5.41, 5.74) is 2.18. The van der Waals surface area contributed by atoms with Crippen LogP contribution >= 0.6 is 15.9 Å². The molecule has 0 saturated heterocycles. The van der Waals surface area contributed by atoms with Crippen LogP contribution in [0, 0.1) is 6.92 Å². The molecule has 30 heavy (non-hydrogen) atoms. The van der Waals surface area contributed by atoms with Crippen molar-refractivity contribution in [2.45, 2.75) is 26.4 Å². The number of hydrogen-bond donors (Lipinski definition) is 1. The van der Waals surface area contributed by atoms with Crippen LogP contribution in [0.2, 0.25) is 0 Å². The summed E-state index contributed by atoms with van der Waals surface area (Å²) >= 11 is 3.40. The molecule has 2 aromatic carbocycles. The lowest BCUT2D eigenvalue weighted by molar-refractivity contribution is -0.139. The van der Waals surface area contributed by atoms with Crippen LogP contribution in [-0.2, 0) is 26.2 Å². The van der Waals surface area contributed by atoms with Gasteiger partial charge < -0.3 is 10.2 Å². The number of anilines is 1. The number of rotatable bonds is 8. The molecule has 9 heteroatoms. The summed E-state index contributed by atoms with van der Waals surface area (Å²) in [6, 6.07) is 13.5. The fraction of sp³-hybridized carbons (Fsp3) is 0.333. The average molecular weight is 496 g/mol. The topological polar surface area (TPSA) is 86.8 Å². The van der Waals surface area contributed by atoms with Crippen LogP contribution < -0.4 is 9.62 Å². The Kier molecular flexibility index (Phi) is 8.03. The van der Waals surface area contributed by atoms with Gasteiger partial charge in [0.05, 0.1) is 11.9 Å². The Bertz CT molecular complexity index is 1010. The van der Waals surface area contributed by atoms with Crippen LogP contribution in [0.3, 0.4) is 0 Å². The van der Waals surface area contributed by atoms with Gasteiger partial charge in [0, 0.05) is 18.1 Å². The third-order valence-electron chi connectivity index (χ3n) is 4.66. The number of nitrogens with one attached hydrogen (secondary N) is 1. The molecule has 0 saturated carbocycles. The normalized spacial score (nSPS) is 12.2. The summed E-state index contributed by atoms with van der Waals surface area (Å²) in [7, 11) is -2.22. The molecule has 0 spiro atoms. The first kappa shape index (κ1) is 23.9. The molecular formula is C21H26BrN3O4S. The molecule has 0 aliphatic carbocycles. The van der Waals surface area contributed by atoms with Crippen molar-refractivity contribution < 1.29 is 18.0 Å². The van der Waals surface area contributed by atoms with Crippen molar-refractivity contribution >= 4 is 43.5 Å². The zero-order valence-corrected chi connectivity index (χ0v) is 19.8. The van der Waals surface area contributed by atoms with Gasteiger partial charge in [-0.15, -0.1) is 0 Å². The Labute approximate surface area is 186 Å². The molecule has 0 fully saturated rings. The largest absolute Gasteiger partial charge is 0.357 e. The van der Waals surface area contributed by atoms with Gasteiger partial charge in [-0.3, -0.25) is 13.9 Å². The third kappa shape index (κ3) is 6.30. The van der Waals surface area contributed by atoms with Gasteiger partial charge in [0.25, 0.3) is 0 Å². The number of benzene rings is 2. The molecule has 2 rings (SSSR count). The summed E-state index contributed by atoms with van der Waals surface area (Å²) in [6.07, 6.45) is 1.06. The molecule has 2 aromatic rings. The van der Waals surface area contributed by atoms with Crippen molar-refractivity contribution in [1.29, 1.82) is 0 Å². The number of hydrogen-bond acceptors (Lipinski definition) is 4. The first-order valence-corrected chi connectivity index (χ1v) is 12.0. The van der Waals surface area contributed by atoms with E-state index in [9.17, 15) is 18.0 Å². The first-order chi connectivity index (χ1) is 14.0. The lowest BCUT2D eigenvalue weighted by Gasteiger charge is -2.31. The van der Waals surface area contributed by atoms with Crippen LogP contribution in [0.1, 0.15) is 18.1 Å². The molecule has 0 aromatic heterocycles. The minimum Gasteiger partial charge on any atom is -0.357 e. The number of amides is 2. The fourth-order valence-corrected chi connectivity index (χ4v) is 4.24. The van der Waals surface area contributed by atoms with Gasteiger partial charge in [-0.2, -0.15) is 0 Å². The van der Waals surface area contributed by atoms with Gasteiger partial charge in [0.1, 0.15) is 12.6 Å². The van der Waals surface area contributed by atoms with E-state index < -0.39 is 28.5 Å². The number of aryl methyl sites for hydroxylation is 1. The highest BCUT2D eigenvalue weighted by molar-refractivity contribution is 9.10. The second-order valence-corrected chi connectivity index (χ2v) is 9.87. The highest BCUT2D eigenvalue weighted by Gasteiger charge is 2.29. The van der Waals surface area contributed by atoms with E-state index in [-0.39, 0.29) is 12.5 Å². The highest BCUT2D eigenvalue weighted by Crippen LogP contribution is 2.20. The minimum atomic E-state index is -3.71. The molecule has 0 unspecified atom stereocenters. The molecule has 162 valence electrons. The smallest absolute Gasteiger partial charge is 0.244 e. The standard InChI is InChI=1S/C21H26BrN3O4S/c1-15-8-10-19(11-9-15)25(30(4,28)29)14-20(26)24(16(2)21(27)23-3)13-17-6-5-7-18(22)12-17/h5-12,16H,13-14H2,1-4H3,(H,23,27)/t16-/m1/s1. The van der Waals surface area contributed by atoms with E-state index in [4.69, 9.17) is 0 Å². The van der Waals surface area contributed by atoms with Gasteiger partial charge in [-0.05, 0) is 43.7 Å². The first-order valence-electron chi connectivity index (χ1n) is 9.33. The van der Waals surface area contributed by atoms with Crippen LogP contribution in [0.5, 0.6) is 0 Å². The van der Waals surface area contributed by atoms with Gasteiger partial charge in [0.15, 0.2) is 0 Å². The van der Waals surface area contributed by atoms with Gasteiger partial charge in [-0.1, -0.05) is 45.8 Å². The molecule has 0 heterocycles.